The first-order valence-electron chi connectivity index (χ1n) is 5.26. The molecule has 0 aliphatic heterocycles. The summed E-state index contributed by atoms with van der Waals surface area (Å²) in [7, 11) is 3.57. The lowest BCUT2D eigenvalue weighted by molar-refractivity contribution is 0.230. The second-order valence-electron chi connectivity index (χ2n) is 3.79. The lowest BCUT2D eigenvalue weighted by Crippen LogP contribution is -2.09. The summed E-state index contributed by atoms with van der Waals surface area (Å²) in [6.07, 6.45) is 0.135. The van der Waals surface area contributed by atoms with E-state index >= 15 is 0 Å². The third-order valence-corrected chi connectivity index (χ3v) is 2.80. The van der Waals surface area contributed by atoms with Gasteiger partial charge >= 0.3 is 0 Å². The zero-order valence-corrected chi connectivity index (χ0v) is 11.7. The molecule has 0 amide bonds. The molecule has 1 N–H and O–H groups in total. The first kappa shape index (κ1) is 13.3. The zero-order valence-electron chi connectivity index (χ0n) is 10.1. The van der Waals surface area contributed by atoms with E-state index in [9.17, 15) is 0 Å². The summed E-state index contributed by atoms with van der Waals surface area (Å²) >= 11 is 3.53. The molecule has 0 unspecified atom stereocenters. The van der Waals surface area contributed by atoms with Crippen LogP contribution in [-0.2, 0) is 6.54 Å². The highest BCUT2D eigenvalue weighted by atomic mass is 79.9. The van der Waals surface area contributed by atoms with Gasteiger partial charge in [-0.25, -0.2) is 0 Å². The van der Waals surface area contributed by atoms with Gasteiger partial charge in [0.1, 0.15) is 0 Å². The van der Waals surface area contributed by atoms with E-state index in [0.29, 0.717) is 0 Å². The smallest absolute Gasteiger partial charge is 0.162 e. The summed E-state index contributed by atoms with van der Waals surface area (Å²) in [5, 5.41) is 3.11. The molecule has 1 aromatic carbocycles. The van der Waals surface area contributed by atoms with Gasteiger partial charge in [-0.15, -0.1) is 0 Å². The minimum atomic E-state index is 0.135. The Bertz CT molecular complexity index is 353. The average Bonchev–Trinajstić information content (AvgIpc) is 2.21. The van der Waals surface area contributed by atoms with Gasteiger partial charge in [0.25, 0.3) is 0 Å². The standard InChI is InChI=1S/C12H18BrNO2/c1-8(2)16-12-6-10(13)9(7-14-3)5-11(12)15-4/h5-6,8,14H,7H2,1-4H3. The van der Waals surface area contributed by atoms with Crippen molar-refractivity contribution in [3.8, 4) is 11.5 Å². The van der Waals surface area contributed by atoms with E-state index in [0.717, 1.165) is 28.1 Å². The van der Waals surface area contributed by atoms with Crippen LogP contribution in [0, 0.1) is 0 Å². The Morgan fingerprint density at radius 3 is 2.50 bits per heavy atom. The molecule has 0 spiro atoms. The van der Waals surface area contributed by atoms with Crippen molar-refractivity contribution in [3.05, 3.63) is 22.2 Å². The maximum absolute atomic E-state index is 5.67. The highest BCUT2D eigenvalue weighted by Crippen LogP contribution is 2.34. The van der Waals surface area contributed by atoms with Gasteiger partial charge in [0, 0.05) is 11.0 Å². The first-order chi connectivity index (χ1) is 7.58. The van der Waals surface area contributed by atoms with Crippen LogP contribution in [0.3, 0.4) is 0 Å². The van der Waals surface area contributed by atoms with Crippen LogP contribution in [0.4, 0.5) is 0 Å². The van der Waals surface area contributed by atoms with Gasteiger partial charge in [0.05, 0.1) is 13.2 Å². The van der Waals surface area contributed by atoms with E-state index in [-0.39, 0.29) is 6.10 Å². The van der Waals surface area contributed by atoms with Crippen LogP contribution < -0.4 is 14.8 Å². The van der Waals surface area contributed by atoms with Crippen molar-refractivity contribution in [1.82, 2.24) is 5.32 Å². The van der Waals surface area contributed by atoms with Crippen LogP contribution in [-0.4, -0.2) is 20.3 Å². The molecule has 0 aliphatic carbocycles. The maximum Gasteiger partial charge on any atom is 0.162 e. The third-order valence-electron chi connectivity index (χ3n) is 2.06. The van der Waals surface area contributed by atoms with Crippen LogP contribution in [0.15, 0.2) is 16.6 Å². The van der Waals surface area contributed by atoms with Crippen molar-refractivity contribution in [1.29, 1.82) is 0 Å². The van der Waals surface area contributed by atoms with Crippen LogP contribution in [0.2, 0.25) is 0 Å². The van der Waals surface area contributed by atoms with Gasteiger partial charge < -0.3 is 14.8 Å². The molecule has 3 nitrogen and oxygen atoms in total. The van der Waals surface area contributed by atoms with Crippen molar-refractivity contribution in [3.63, 3.8) is 0 Å². The molecule has 1 aromatic rings. The molecule has 0 saturated heterocycles. The third kappa shape index (κ3) is 3.39. The number of hydrogen-bond donors (Lipinski definition) is 1. The maximum atomic E-state index is 5.67. The van der Waals surface area contributed by atoms with E-state index in [1.54, 1.807) is 7.11 Å². The average molecular weight is 288 g/mol. The van der Waals surface area contributed by atoms with Gasteiger partial charge in [-0.3, -0.25) is 0 Å². The predicted octanol–water partition coefficient (Wildman–Crippen LogP) is 2.96. The second-order valence-corrected chi connectivity index (χ2v) is 4.65. The highest BCUT2D eigenvalue weighted by Gasteiger charge is 2.10. The summed E-state index contributed by atoms with van der Waals surface area (Å²) in [6, 6.07) is 3.93. The minimum absolute atomic E-state index is 0.135. The Kier molecular flexibility index (Phi) is 5.09. The van der Waals surface area contributed by atoms with Gasteiger partial charge in [-0.05, 0) is 38.6 Å². The van der Waals surface area contributed by atoms with Crippen LogP contribution in [0.1, 0.15) is 19.4 Å². The molecule has 4 heteroatoms. The fraction of sp³-hybridized carbons (Fsp3) is 0.500. The van der Waals surface area contributed by atoms with E-state index < -0.39 is 0 Å². The molecule has 16 heavy (non-hydrogen) atoms. The van der Waals surface area contributed by atoms with E-state index in [4.69, 9.17) is 9.47 Å². The Hall–Kier alpha value is -0.740. The quantitative estimate of drug-likeness (QED) is 0.903. The Labute approximate surface area is 105 Å². The van der Waals surface area contributed by atoms with Crippen LogP contribution >= 0.6 is 15.9 Å². The Morgan fingerprint density at radius 1 is 1.31 bits per heavy atom. The molecule has 0 heterocycles. The zero-order chi connectivity index (χ0) is 12.1. The topological polar surface area (TPSA) is 30.5 Å². The van der Waals surface area contributed by atoms with Gasteiger partial charge in [-0.2, -0.15) is 0 Å². The summed E-state index contributed by atoms with van der Waals surface area (Å²) in [5.41, 5.74) is 1.15. The van der Waals surface area contributed by atoms with Crippen molar-refractivity contribution >= 4 is 15.9 Å². The van der Waals surface area contributed by atoms with Crippen molar-refractivity contribution in [2.45, 2.75) is 26.5 Å². The second kappa shape index (κ2) is 6.11. The number of hydrogen-bond acceptors (Lipinski definition) is 3. The van der Waals surface area contributed by atoms with E-state index in [2.05, 4.69) is 21.2 Å². The molecule has 0 saturated carbocycles. The number of methoxy groups -OCH3 is 1. The number of nitrogens with one attached hydrogen (secondary N) is 1. The largest absolute Gasteiger partial charge is 0.493 e. The van der Waals surface area contributed by atoms with Crippen LogP contribution in [0.5, 0.6) is 11.5 Å². The van der Waals surface area contributed by atoms with Crippen molar-refractivity contribution < 1.29 is 9.47 Å². The van der Waals surface area contributed by atoms with Gasteiger partial charge in [0.15, 0.2) is 11.5 Å². The Balaban J connectivity index is 3.05. The molecule has 0 fully saturated rings. The number of ether oxygens (including phenoxy) is 2. The number of benzene rings is 1. The SMILES string of the molecule is CNCc1cc(OC)c(OC(C)C)cc1Br. The van der Waals surface area contributed by atoms with Crippen LogP contribution in [0.25, 0.3) is 0 Å². The Morgan fingerprint density at radius 2 is 2.00 bits per heavy atom. The molecule has 0 radical (unpaired) electrons. The van der Waals surface area contributed by atoms with E-state index in [1.807, 2.05) is 33.0 Å². The van der Waals surface area contributed by atoms with Gasteiger partial charge in [0.2, 0.25) is 0 Å². The molecular weight excluding hydrogens is 270 g/mol. The fourth-order valence-electron chi connectivity index (χ4n) is 1.41. The molecule has 0 aromatic heterocycles. The minimum Gasteiger partial charge on any atom is -0.493 e. The normalized spacial score (nSPS) is 10.6. The lowest BCUT2D eigenvalue weighted by atomic mass is 10.2. The summed E-state index contributed by atoms with van der Waals surface area (Å²) in [5.74, 6) is 1.53. The monoisotopic (exact) mass is 287 g/mol. The summed E-state index contributed by atoms with van der Waals surface area (Å²) in [6.45, 7) is 4.78. The molecule has 0 aliphatic rings. The predicted molar refractivity (Wildman–Crippen MR) is 69.2 cm³/mol. The van der Waals surface area contributed by atoms with Gasteiger partial charge in [-0.1, -0.05) is 15.9 Å². The molecular formula is C12H18BrNO2. The molecule has 1 rings (SSSR count). The van der Waals surface area contributed by atoms with E-state index in [1.165, 1.54) is 0 Å². The van der Waals surface area contributed by atoms with Crippen molar-refractivity contribution in [2.24, 2.45) is 0 Å². The van der Waals surface area contributed by atoms with Crippen molar-refractivity contribution in [2.75, 3.05) is 14.2 Å². The first-order valence-corrected chi connectivity index (χ1v) is 6.05. The number of halogens is 1. The molecule has 90 valence electrons. The summed E-state index contributed by atoms with van der Waals surface area (Å²) < 4.78 is 12.0. The highest BCUT2D eigenvalue weighted by molar-refractivity contribution is 9.10. The lowest BCUT2D eigenvalue weighted by Gasteiger charge is -2.15. The number of rotatable bonds is 5. The fourth-order valence-corrected chi connectivity index (χ4v) is 1.87. The molecule has 0 atom stereocenters. The molecule has 0 bridgehead atoms. The summed E-state index contributed by atoms with van der Waals surface area (Å²) in [4.78, 5) is 0.